The summed E-state index contributed by atoms with van der Waals surface area (Å²) in [5.41, 5.74) is 0.198. The van der Waals surface area contributed by atoms with Gasteiger partial charge in [-0.2, -0.15) is 0 Å². The maximum atomic E-state index is 11.1. The van der Waals surface area contributed by atoms with E-state index in [1.54, 1.807) is 0 Å². The van der Waals surface area contributed by atoms with Crippen molar-refractivity contribution in [2.24, 2.45) is 0 Å². The van der Waals surface area contributed by atoms with Crippen molar-refractivity contribution in [3.63, 3.8) is 0 Å². The van der Waals surface area contributed by atoms with E-state index >= 15 is 0 Å². The molecule has 0 saturated carbocycles. The molecule has 94 valence electrons. The molecule has 0 aromatic heterocycles. The van der Waals surface area contributed by atoms with Crippen LogP contribution in [0.5, 0.6) is 0 Å². The minimum Gasteiger partial charge on any atom is -0.459 e. The number of alkyl halides is 6. The van der Waals surface area contributed by atoms with Crippen molar-refractivity contribution >= 4 is 75.6 Å². The summed E-state index contributed by atoms with van der Waals surface area (Å²) in [5.74, 6) is -0.654. The normalized spacial score (nSPS) is 14.4. The van der Waals surface area contributed by atoms with Crippen LogP contribution in [-0.2, 0) is 9.53 Å². The Hall–Kier alpha value is 0.950. The SMILES string of the molecule is C=C(C)C(=O)OCC(Cl)(Cl)C(Cl)C(Cl)(Cl)Cl. The van der Waals surface area contributed by atoms with Gasteiger partial charge in [-0.25, -0.2) is 4.79 Å². The first-order chi connectivity index (χ1) is 6.98. The summed E-state index contributed by atoms with van der Waals surface area (Å²) in [6.45, 7) is 4.44. The van der Waals surface area contributed by atoms with Gasteiger partial charge in [-0.05, 0) is 6.92 Å². The Morgan fingerprint density at radius 2 is 1.75 bits per heavy atom. The number of hydrogen-bond acceptors (Lipinski definition) is 2. The van der Waals surface area contributed by atoms with Crippen LogP contribution in [0.4, 0.5) is 0 Å². The summed E-state index contributed by atoms with van der Waals surface area (Å²) in [6.07, 6.45) is 0. The third kappa shape index (κ3) is 5.52. The molecule has 0 fully saturated rings. The molecule has 16 heavy (non-hydrogen) atoms. The zero-order valence-corrected chi connectivity index (χ0v) is 12.6. The molecule has 0 aromatic carbocycles. The van der Waals surface area contributed by atoms with Crippen molar-refractivity contribution in [1.29, 1.82) is 0 Å². The smallest absolute Gasteiger partial charge is 0.333 e. The van der Waals surface area contributed by atoms with Gasteiger partial charge in [0.15, 0.2) is 4.33 Å². The zero-order valence-electron chi connectivity index (χ0n) is 8.08. The molecule has 1 unspecified atom stereocenters. The predicted molar refractivity (Wildman–Crippen MR) is 70.1 cm³/mol. The molecule has 0 aliphatic rings. The fraction of sp³-hybridized carbons (Fsp3) is 0.625. The number of carbonyl (C=O) groups excluding carboxylic acids is 1. The summed E-state index contributed by atoms with van der Waals surface area (Å²) in [5, 5.41) is -1.24. The molecular weight excluding hydrogens is 341 g/mol. The van der Waals surface area contributed by atoms with E-state index < -0.39 is 26.1 Å². The summed E-state index contributed by atoms with van der Waals surface area (Å²) >= 11 is 33.9. The zero-order chi connectivity index (χ0) is 13.1. The summed E-state index contributed by atoms with van der Waals surface area (Å²) in [7, 11) is 0. The summed E-state index contributed by atoms with van der Waals surface area (Å²) < 4.78 is 1.14. The van der Waals surface area contributed by atoms with Gasteiger partial charge in [0.2, 0.25) is 3.79 Å². The van der Waals surface area contributed by atoms with E-state index in [-0.39, 0.29) is 5.57 Å². The fourth-order valence-electron chi connectivity index (χ4n) is 0.598. The van der Waals surface area contributed by atoms with E-state index in [9.17, 15) is 4.79 Å². The van der Waals surface area contributed by atoms with Crippen LogP contribution in [0.1, 0.15) is 6.92 Å². The highest BCUT2D eigenvalue weighted by molar-refractivity contribution is 6.72. The average Bonchev–Trinajstić information content (AvgIpc) is 2.11. The average molecular weight is 349 g/mol. The molecule has 0 rings (SSSR count). The lowest BCUT2D eigenvalue weighted by Crippen LogP contribution is -2.41. The summed E-state index contributed by atoms with van der Waals surface area (Å²) in [4.78, 5) is 11.1. The predicted octanol–water partition coefficient (Wildman–Crippen LogP) is 4.26. The van der Waals surface area contributed by atoms with Gasteiger partial charge in [-0.15, -0.1) is 11.6 Å². The van der Waals surface area contributed by atoms with Crippen LogP contribution < -0.4 is 0 Å². The third-order valence-electron chi connectivity index (χ3n) is 1.40. The Morgan fingerprint density at radius 3 is 2.06 bits per heavy atom. The van der Waals surface area contributed by atoms with Crippen molar-refractivity contribution in [2.75, 3.05) is 6.61 Å². The molecule has 0 radical (unpaired) electrons. The molecule has 2 nitrogen and oxygen atoms in total. The first-order valence-corrected chi connectivity index (χ1v) is 6.22. The van der Waals surface area contributed by atoms with Gasteiger partial charge in [-0.3, -0.25) is 0 Å². The molecule has 0 bridgehead atoms. The van der Waals surface area contributed by atoms with Crippen LogP contribution in [0.25, 0.3) is 0 Å². The second-order valence-corrected chi connectivity index (χ2v) is 7.37. The Morgan fingerprint density at radius 1 is 1.31 bits per heavy atom. The molecule has 0 heterocycles. The Bertz CT molecular complexity index is 283. The van der Waals surface area contributed by atoms with Crippen LogP contribution in [0, 0.1) is 0 Å². The molecule has 0 saturated heterocycles. The van der Waals surface area contributed by atoms with Crippen molar-refractivity contribution in [3.05, 3.63) is 12.2 Å². The highest BCUT2D eigenvalue weighted by Crippen LogP contribution is 2.44. The lowest BCUT2D eigenvalue weighted by atomic mass is 10.3. The second-order valence-electron chi connectivity index (χ2n) is 3.02. The van der Waals surface area contributed by atoms with E-state index in [1.807, 2.05) is 0 Å². The van der Waals surface area contributed by atoms with Crippen molar-refractivity contribution < 1.29 is 9.53 Å². The number of hydrogen-bond donors (Lipinski definition) is 0. The first-order valence-electron chi connectivity index (χ1n) is 3.89. The molecule has 8 heteroatoms. The maximum absolute atomic E-state index is 11.1. The number of esters is 1. The van der Waals surface area contributed by atoms with Gasteiger partial charge in [0.05, 0.1) is 0 Å². The van der Waals surface area contributed by atoms with Crippen LogP contribution >= 0.6 is 69.6 Å². The number of rotatable bonds is 4. The Kier molecular flexibility index (Phi) is 6.58. The number of halogens is 6. The fourth-order valence-corrected chi connectivity index (χ4v) is 1.99. The third-order valence-corrected chi connectivity index (χ3v) is 3.97. The lowest BCUT2D eigenvalue weighted by molar-refractivity contribution is -0.139. The lowest BCUT2D eigenvalue weighted by Gasteiger charge is -2.29. The second kappa shape index (κ2) is 6.21. The van der Waals surface area contributed by atoms with Gasteiger partial charge in [-0.1, -0.05) is 64.6 Å². The van der Waals surface area contributed by atoms with Crippen molar-refractivity contribution in [1.82, 2.24) is 0 Å². The van der Waals surface area contributed by atoms with Crippen LogP contribution in [0.15, 0.2) is 12.2 Å². The summed E-state index contributed by atoms with van der Waals surface area (Å²) in [6, 6.07) is 0. The van der Waals surface area contributed by atoms with E-state index in [1.165, 1.54) is 6.92 Å². The van der Waals surface area contributed by atoms with E-state index in [0.29, 0.717) is 0 Å². The molecular formula is C8H8Cl6O2. The van der Waals surface area contributed by atoms with E-state index in [4.69, 9.17) is 74.3 Å². The number of carbonyl (C=O) groups is 1. The van der Waals surface area contributed by atoms with Gasteiger partial charge in [0.1, 0.15) is 12.0 Å². The van der Waals surface area contributed by atoms with Gasteiger partial charge in [0, 0.05) is 5.57 Å². The topological polar surface area (TPSA) is 26.3 Å². The van der Waals surface area contributed by atoms with Crippen LogP contribution in [0.2, 0.25) is 0 Å². The Balaban J connectivity index is 4.47. The highest BCUT2D eigenvalue weighted by Gasteiger charge is 2.47. The van der Waals surface area contributed by atoms with Crippen LogP contribution in [-0.4, -0.2) is 26.1 Å². The quantitative estimate of drug-likeness (QED) is 0.431. The molecule has 0 N–H and O–H groups in total. The maximum Gasteiger partial charge on any atom is 0.333 e. The molecule has 0 aromatic rings. The van der Waals surface area contributed by atoms with Gasteiger partial charge in [0.25, 0.3) is 0 Å². The highest BCUT2D eigenvalue weighted by atomic mass is 35.6. The molecule has 0 aliphatic heterocycles. The van der Waals surface area contributed by atoms with E-state index in [2.05, 4.69) is 6.58 Å². The molecule has 0 spiro atoms. The minimum atomic E-state index is -1.87. The largest absolute Gasteiger partial charge is 0.459 e. The van der Waals surface area contributed by atoms with Gasteiger partial charge >= 0.3 is 5.97 Å². The van der Waals surface area contributed by atoms with E-state index in [0.717, 1.165) is 0 Å². The number of ether oxygens (including phenoxy) is 1. The van der Waals surface area contributed by atoms with Crippen molar-refractivity contribution in [3.8, 4) is 0 Å². The first kappa shape index (κ1) is 16.9. The van der Waals surface area contributed by atoms with Crippen molar-refractivity contribution in [2.45, 2.75) is 20.4 Å². The molecule has 0 amide bonds. The van der Waals surface area contributed by atoms with Gasteiger partial charge < -0.3 is 4.74 Å². The minimum absolute atomic E-state index is 0.198. The molecule has 0 aliphatic carbocycles. The standard InChI is InChI=1S/C8H8Cl6O2/c1-4(2)5(15)16-3-7(10,11)6(9)8(12,13)14/h6H,1,3H2,2H3. The molecule has 1 atom stereocenters. The monoisotopic (exact) mass is 346 g/mol. The van der Waals surface area contributed by atoms with Crippen LogP contribution in [0.3, 0.4) is 0 Å². The Labute approximate surface area is 124 Å².